The molecule has 4 heteroatoms. The summed E-state index contributed by atoms with van der Waals surface area (Å²) in [6, 6.07) is 6.40. The van der Waals surface area contributed by atoms with Crippen molar-refractivity contribution in [3.63, 3.8) is 0 Å². The zero-order chi connectivity index (χ0) is 11.8. The topological polar surface area (TPSA) is 98.3 Å². The van der Waals surface area contributed by atoms with Gasteiger partial charge in [0.05, 0.1) is 0 Å². The molecule has 1 rings (SSSR count). The summed E-state index contributed by atoms with van der Waals surface area (Å²) in [5.41, 5.74) is 8.18. The maximum atomic E-state index is 8.78. The number of carboxylic acid groups (broad SMARTS) is 1. The van der Waals surface area contributed by atoms with Crippen molar-refractivity contribution in [2.75, 3.05) is 0 Å². The lowest BCUT2D eigenvalue weighted by Gasteiger charge is -2.04. The Morgan fingerprint density at radius 1 is 1.50 bits per heavy atom. The van der Waals surface area contributed by atoms with E-state index in [2.05, 4.69) is 44.4 Å². The Hall–Kier alpha value is -1.81. The molecule has 0 aromatic heterocycles. The third-order valence-electron chi connectivity index (χ3n) is 2.08. The molecule has 4 nitrogen and oxygen atoms in total. The standard InChI is InChI=1S/C11H14.CH3NO2.H3N/c1-4-6-11-8-5-7-9(2)10(11)3;2-1(3)4;/h4-5,7-8H,1,6H2,2-3H3;2H2,(H,3,4);1H3. The van der Waals surface area contributed by atoms with Crippen LogP contribution in [0, 0.1) is 13.8 Å². The lowest BCUT2D eigenvalue weighted by molar-refractivity contribution is 0.205. The highest BCUT2D eigenvalue weighted by atomic mass is 16.4. The van der Waals surface area contributed by atoms with Crippen LogP contribution < -0.4 is 11.9 Å². The highest BCUT2D eigenvalue weighted by Crippen LogP contribution is 2.12. The predicted octanol–water partition coefficient (Wildman–Crippen LogP) is 2.82. The van der Waals surface area contributed by atoms with E-state index in [0.717, 1.165) is 6.42 Å². The molecule has 0 heterocycles. The molecular weight excluding hydrogens is 204 g/mol. The molecule has 0 fully saturated rings. The molecule has 90 valence electrons. The van der Waals surface area contributed by atoms with Crippen LogP contribution in [0.5, 0.6) is 0 Å². The molecule has 1 aromatic rings. The van der Waals surface area contributed by atoms with Crippen molar-refractivity contribution < 1.29 is 9.90 Å². The molecule has 0 saturated carbocycles. The third kappa shape index (κ3) is 6.62. The van der Waals surface area contributed by atoms with Gasteiger partial charge >= 0.3 is 6.09 Å². The first kappa shape index (κ1) is 16.6. The van der Waals surface area contributed by atoms with Crippen LogP contribution in [-0.2, 0) is 6.42 Å². The van der Waals surface area contributed by atoms with Crippen molar-refractivity contribution >= 4 is 6.09 Å². The number of hydrogen-bond acceptors (Lipinski definition) is 2. The normalized spacial score (nSPS) is 8.12. The van der Waals surface area contributed by atoms with Gasteiger partial charge in [0.2, 0.25) is 0 Å². The summed E-state index contributed by atoms with van der Waals surface area (Å²) in [5, 5.41) is 7.19. The molecule has 0 aliphatic rings. The molecule has 0 bridgehead atoms. The summed E-state index contributed by atoms with van der Waals surface area (Å²) in [6.07, 6.45) is 1.59. The van der Waals surface area contributed by atoms with Crippen LogP contribution in [-0.4, -0.2) is 11.2 Å². The fraction of sp³-hybridized carbons (Fsp3) is 0.250. The van der Waals surface area contributed by atoms with Crippen molar-refractivity contribution in [1.82, 2.24) is 6.15 Å². The molecular formula is C12H20N2O2. The first-order chi connectivity index (χ1) is 6.99. The van der Waals surface area contributed by atoms with Gasteiger partial charge in [0.25, 0.3) is 0 Å². The largest absolute Gasteiger partial charge is 0.465 e. The van der Waals surface area contributed by atoms with Crippen LogP contribution in [0.2, 0.25) is 0 Å². The lowest BCUT2D eigenvalue weighted by atomic mass is 10.0. The molecule has 6 N–H and O–H groups in total. The molecule has 16 heavy (non-hydrogen) atoms. The molecule has 0 aliphatic carbocycles. The number of amides is 1. The summed E-state index contributed by atoms with van der Waals surface area (Å²) < 4.78 is 0. The number of rotatable bonds is 2. The van der Waals surface area contributed by atoms with Crippen molar-refractivity contribution in [3.05, 3.63) is 47.5 Å². The summed E-state index contributed by atoms with van der Waals surface area (Å²) in [6.45, 7) is 8.03. The van der Waals surface area contributed by atoms with Crippen LogP contribution in [0.1, 0.15) is 16.7 Å². The van der Waals surface area contributed by atoms with E-state index in [1.54, 1.807) is 0 Å². The van der Waals surface area contributed by atoms with Gasteiger partial charge < -0.3 is 17.0 Å². The van der Waals surface area contributed by atoms with Gasteiger partial charge in [-0.3, -0.25) is 0 Å². The Balaban J connectivity index is 0. The summed E-state index contributed by atoms with van der Waals surface area (Å²) in [4.78, 5) is 8.78. The van der Waals surface area contributed by atoms with Crippen LogP contribution >= 0.6 is 0 Å². The SMILES string of the molecule is C=CCc1cccc(C)c1C.N.NC(=O)O. The fourth-order valence-corrected chi connectivity index (χ4v) is 1.19. The van der Waals surface area contributed by atoms with Gasteiger partial charge in [-0.2, -0.15) is 0 Å². The van der Waals surface area contributed by atoms with Gasteiger partial charge in [-0.05, 0) is 37.0 Å². The van der Waals surface area contributed by atoms with Crippen molar-refractivity contribution in [3.8, 4) is 0 Å². The Morgan fingerprint density at radius 2 is 2.00 bits per heavy atom. The minimum atomic E-state index is -1.33. The average Bonchev–Trinajstić information content (AvgIpc) is 2.12. The number of nitrogens with two attached hydrogens (primary N) is 1. The van der Waals surface area contributed by atoms with Crippen molar-refractivity contribution in [1.29, 1.82) is 0 Å². The molecule has 1 amide bonds. The van der Waals surface area contributed by atoms with E-state index < -0.39 is 6.09 Å². The van der Waals surface area contributed by atoms with Gasteiger partial charge in [0, 0.05) is 0 Å². The summed E-state index contributed by atoms with van der Waals surface area (Å²) in [5.74, 6) is 0. The quantitative estimate of drug-likeness (QED) is 0.673. The number of aryl methyl sites for hydroxylation is 1. The fourth-order valence-electron chi connectivity index (χ4n) is 1.19. The molecule has 0 unspecified atom stereocenters. The van der Waals surface area contributed by atoms with Gasteiger partial charge in [-0.25, -0.2) is 4.79 Å². The molecule has 1 aromatic carbocycles. The first-order valence-electron chi connectivity index (χ1n) is 4.63. The first-order valence-corrected chi connectivity index (χ1v) is 4.63. The van der Waals surface area contributed by atoms with E-state index in [1.807, 2.05) is 6.08 Å². The van der Waals surface area contributed by atoms with Gasteiger partial charge in [0.15, 0.2) is 0 Å². The number of allylic oxidation sites excluding steroid dienone is 1. The Labute approximate surface area is 96.4 Å². The molecule has 0 saturated heterocycles. The minimum absolute atomic E-state index is 0. The van der Waals surface area contributed by atoms with E-state index in [9.17, 15) is 0 Å². The lowest BCUT2D eigenvalue weighted by Crippen LogP contribution is -2.03. The van der Waals surface area contributed by atoms with Crippen molar-refractivity contribution in [2.24, 2.45) is 5.73 Å². The van der Waals surface area contributed by atoms with Gasteiger partial charge in [-0.1, -0.05) is 24.3 Å². The number of hydrogen-bond donors (Lipinski definition) is 3. The zero-order valence-electron chi connectivity index (χ0n) is 9.86. The third-order valence-corrected chi connectivity index (χ3v) is 2.08. The highest BCUT2D eigenvalue weighted by Gasteiger charge is 1.96. The van der Waals surface area contributed by atoms with Crippen LogP contribution in [0.15, 0.2) is 30.9 Å². The highest BCUT2D eigenvalue weighted by molar-refractivity contribution is 5.61. The second-order valence-corrected chi connectivity index (χ2v) is 3.19. The summed E-state index contributed by atoms with van der Waals surface area (Å²) >= 11 is 0. The second-order valence-electron chi connectivity index (χ2n) is 3.19. The number of benzene rings is 1. The number of primary amides is 1. The monoisotopic (exact) mass is 224 g/mol. The Morgan fingerprint density at radius 3 is 2.44 bits per heavy atom. The van der Waals surface area contributed by atoms with Crippen molar-refractivity contribution in [2.45, 2.75) is 20.3 Å². The number of carbonyl (C=O) groups is 1. The summed E-state index contributed by atoms with van der Waals surface area (Å²) in [7, 11) is 0. The average molecular weight is 224 g/mol. The van der Waals surface area contributed by atoms with E-state index in [0.29, 0.717) is 0 Å². The molecule has 0 aliphatic heterocycles. The van der Waals surface area contributed by atoms with E-state index >= 15 is 0 Å². The predicted molar refractivity (Wildman–Crippen MR) is 67.1 cm³/mol. The smallest absolute Gasteiger partial charge is 0.402 e. The molecule has 0 atom stereocenters. The van der Waals surface area contributed by atoms with E-state index in [4.69, 9.17) is 9.90 Å². The van der Waals surface area contributed by atoms with Gasteiger partial charge in [0.1, 0.15) is 0 Å². The van der Waals surface area contributed by atoms with E-state index in [1.165, 1.54) is 16.7 Å². The second kappa shape index (κ2) is 8.49. The maximum Gasteiger partial charge on any atom is 0.402 e. The van der Waals surface area contributed by atoms with Gasteiger partial charge in [-0.15, -0.1) is 6.58 Å². The molecule has 0 radical (unpaired) electrons. The van der Waals surface area contributed by atoms with Crippen LogP contribution in [0.25, 0.3) is 0 Å². The zero-order valence-corrected chi connectivity index (χ0v) is 9.86. The maximum absolute atomic E-state index is 8.78. The van der Waals surface area contributed by atoms with Crippen LogP contribution in [0.3, 0.4) is 0 Å². The Bertz CT molecular complexity index is 345. The molecule has 0 spiro atoms. The minimum Gasteiger partial charge on any atom is -0.465 e. The van der Waals surface area contributed by atoms with Crippen LogP contribution in [0.4, 0.5) is 4.79 Å². The van der Waals surface area contributed by atoms with E-state index in [-0.39, 0.29) is 6.15 Å². The Kier molecular flexibility index (Phi) is 8.82.